The summed E-state index contributed by atoms with van der Waals surface area (Å²) in [4.78, 5) is 22.6. The van der Waals surface area contributed by atoms with Crippen LogP contribution in [0.3, 0.4) is 0 Å². The Labute approximate surface area is 189 Å². The van der Waals surface area contributed by atoms with E-state index in [1.54, 1.807) is 19.1 Å². The van der Waals surface area contributed by atoms with Crippen LogP contribution >= 0.6 is 11.3 Å². The fourth-order valence-electron chi connectivity index (χ4n) is 4.33. The highest BCUT2D eigenvalue weighted by Crippen LogP contribution is 2.34. The van der Waals surface area contributed by atoms with E-state index in [4.69, 9.17) is 9.52 Å². The summed E-state index contributed by atoms with van der Waals surface area (Å²) in [5.74, 6) is 0.631. The van der Waals surface area contributed by atoms with Gasteiger partial charge in [-0.1, -0.05) is 12.1 Å². The number of phenolic OH excluding ortho intramolecular Hbond substituents is 1. The third kappa shape index (κ3) is 3.80. The number of thiazole rings is 1. The average molecular weight is 452 g/mol. The molecule has 5 rings (SSSR count). The van der Waals surface area contributed by atoms with Crippen molar-refractivity contribution in [2.24, 2.45) is 0 Å². The Balaban J connectivity index is 1.53. The zero-order valence-corrected chi connectivity index (χ0v) is 18.7. The number of nitrogens with zero attached hydrogens (tertiary/aromatic N) is 3. The van der Waals surface area contributed by atoms with Gasteiger partial charge < -0.3 is 14.6 Å². The van der Waals surface area contributed by atoms with Crippen LogP contribution in [0.4, 0.5) is 0 Å². The van der Waals surface area contributed by atoms with Gasteiger partial charge in [-0.2, -0.15) is 0 Å². The van der Waals surface area contributed by atoms with Crippen molar-refractivity contribution in [2.75, 3.05) is 39.3 Å². The number of aliphatic hydroxyl groups is 1. The number of hydrogen-bond donors (Lipinski definition) is 2. The predicted octanol–water partition coefficient (Wildman–Crippen LogP) is 3.19. The van der Waals surface area contributed by atoms with Gasteiger partial charge in [-0.25, -0.2) is 4.98 Å². The molecule has 1 saturated heterocycles. The number of para-hydroxylation sites is 1. The highest BCUT2D eigenvalue weighted by atomic mass is 32.1. The number of fused-ring (bicyclic) bond motifs is 2. The van der Waals surface area contributed by atoms with Crippen molar-refractivity contribution in [3.05, 3.63) is 57.9 Å². The fourth-order valence-corrected chi connectivity index (χ4v) is 5.38. The van der Waals surface area contributed by atoms with Crippen LogP contribution in [0, 0.1) is 6.92 Å². The zero-order valence-electron chi connectivity index (χ0n) is 17.9. The summed E-state index contributed by atoms with van der Waals surface area (Å²) in [6.45, 7) is 6.48. The molecule has 166 valence electrons. The molecule has 1 aliphatic heterocycles. The number of β-amino-alcohol motifs (C(OH)–C–C–N with tert-alkyl or cyclic N) is 1. The summed E-state index contributed by atoms with van der Waals surface area (Å²) >= 11 is 1.48. The van der Waals surface area contributed by atoms with Crippen LogP contribution in [0.5, 0.6) is 5.75 Å². The number of benzene rings is 2. The van der Waals surface area contributed by atoms with E-state index in [1.807, 2.05) is 24.3 Å². The van der Waals surface area contributed by atoms with Gasteiger partial charge in [0.05, 0.1) is 33.3 Å². The van der Waals surface area contributed by atoms with Crippen molar-refractivity contribution in [2.45, 2.75) is 13.5 Å². The third-order valence-corrected chi connectivity index (χ3v) is 7.14. The predicted molar refractivity (Wildman–Crippen MR) is 126 cm³/mol. The van der Waals surface area contributed by atoms with Crippen LogP contribution in [-0.4, -0.2) is 64.3 Å². The molecule has 3 heterocycles. The first-order valence-corrected chi connectivity index (χ1v) is 11.6. The smallest absolute Gasteiger partial charge is 0.203 e. The minimum atomic E-state index is -0.128. The molecular weight excluding hydrogens is 426 g/mol. The summed E-state index contributed by atoms with van der Waals surface area (Å²) in [6.07, 6.45) is 0. The van der Waals surface area contributed by atoms with E-state index in [1.165, 1.54) is 11.3 Å². The van der Waals surface area contributed by atoms with Crippen LogP contribution in [0.15, 0.2) is 45.6 Å². The van der Waals surface area contributed by atoms with E-state index in [2.05, 4.69) is 14.8 Å². The molecule has 0 aliphatic carbocycles. The lowest BCUT2D eigenvalue weighted by Gasteiger charge is -2.34. The number of phenols is 1. The van der Waals surface area contributed by atoms with E-state index >= 15 is 0 Å². The normalized spacial score (nSPS) is 15.7. The van der Waals surface area contributed by atoms with Gasteiger partial charge in [-0.3, -0.25) is 14.6 Å². The van der Waals surface area contributed by atoms with E-state index in [0.29, 0.717) is 46.0 Å². The van der Waals surface area contributed by atoms with Crippen LogP contribution in [0.1, 0.15) is 11.3 Å². The number of aliphatic hydroxyl groups excluding tert-OH is 1. The molecule has 2 N–H and O–H groups in total. The fraction of sp³-hybridized carbons (Fsp3) is 0.333. The molecule has 0 unspecified atom stereocenters. The number of aromatic nitrogens is 1. The quantitative estimate of drug-likeness (QED) is 0.482. The lowest BCUT2D eigenvalue weighted by atomic mass is 10.1. The average Bonchev–Trinajstić information content (AvgIpc) is 3.21. The molecular formula is C24H25N3O4S. The SMILES string of the molecule is Cc1oc2c(CN3CCN(CCO)CC3)c(O)ccc2c(=O)c1-c1nc2ccccc2s1. The maximum absolute atomic E-state index is 13.5. The monoisotopic (exact) mass is 451 g/mol. The summed E-state index contributed by atoms with van der Waals surface area (Å²) in [6, 6.07) is 11.0. The highest BCUT2D eigenvalue weighted by molar-refractivity contribution is 7.21. The van der Waals surface area contributed by atoms with Gasteiger partial charge in [0, 0.05) is 39.3 Å². The van der Waals surface area contributed by atoms with E-state index < -0.39 is 0 Å². The zero-order chi connectivity index (χ0) is 22.2. The van der Waals surface area contributed by atoms with Crippen LogP contribution in [0.25, 0.3) is 31.8 Å². The van der Waals surface area contributed by atoms with Crippen molar-refractivity contribution in [3.8, 4) is 16.3 Å². The van der Waals surface area contributed by atoms with E-state index in [9.17, 15) is 9.90 Å². The molecule has 0 spiro atoms. The Hall–Kier alpha value is -2.78. The Morgan fingerprint density at radius 1 is 1.09 bits per heavy atom. The van der Waals surface area contributed by atoms with Gasteiger partial charge in [-0.15, -0.1) is 11.3 Å². The molecule has 0 bridgehead atoms. The first-order chi connectivity index (χ1) is 15.5. The molecule has 32 heavy (non-hydrogen) atoms. The van der Waals surface area contributed by atoms with Crippen LogP contribution in [-0.2, 0) is 6.54 Å². The lowest BCUT2D eigenvalue weighted by molar-refractivity contribution is 0.108. The van der Waals surface area contributed by atoms with Crippen molar-refractivity contribution in [3.63, 3.8) is 0 Å². The van der Waals surface area contributed by atoms with Gasteiger partial charge in [0.2, 0.25) is 5.43 Å². The summed E-state index contributed by atoms with van der Waals surface area (Å²) in [5.41, 5.74) is 2.28. The standard InChI is InChI=1S/C24H25N3O4S/c1-15-21(24-25-18-4-2-3-5-20(18)32-24)22(30)16-6-7-19(29)17(23(16)31-15)14-27-10-8-26(9-11-27)12-13-28/h2-7,28-29H,8-14H2,1H3. The maximum atomic E-state index is 13.5. The minimum absolute atomic E-state index is 0.128. The molecule has 8 heteroatoms. The molecule has 0 saturated carbocycles. The van der Waals surface area contributed by atoms with Crippen molar-refractivity contribution in [1.82, 2.24) is 14.8 Å². The molecule has 4 aromatic rings. The van der Waals surface area contributed by atoms with Gasteiger partial charge in [-0.05, 0) is 31.2 Å². The Bertz CT molecular complexity index is 1310. The Morgan fingerprint density at radius 2 is 1.84 bits per heavy atom. The summed E-state index contributed by atoms with van der Waals surface area (Å²) < 4.78 is 7.20. The maximum Gasteiger partial charge on any atom is 0.203 e. The van der Waals surface area contributed by atoms with Crippen molar-refractivity contribution < 1.29 is 14.6 Å². The molecule has 2 aromatic carbocycles. The molecule has 0 amide bonds. The molecule has 0 radical (unpaired) electrons. The number of aromatic hydroxyl groups is 1. The van der Waals surface area contributed by atoms with Crippen LogP contribution in [0.2, 0.25) is 0 Å². The second-order valence-corrected chi connectivity index (χ2v) is 9.16. The second-order valence-electron chi connectivity index (χ2n) is 8.13. The topological polar surface area (TPSA) is 90.0 Å². The molecule has 0 atom stereocenters. The van der Waals surface area contributed by atoms with Crippen LogP contribution < -0.4 is 5.43 Å². The van der Waals surface area contributed by atoms with E-state index in [0.717, 1.165) is 36.4 Å². The Morgan fingerprint density at radius 3 is 2.59 bits per heavy atom. The highest BCUT2D eigenvalue weighted by Gasteiger charge is 2.23. The minimum Gasteiger partial charge on any atom is -0.507 e. The summed E-state index contributed by atoms with van der Waals surface area (Å²) in [5, 5.41) is 20.8. The van der Waals surface area contributed by atoms with Gasteiger partial charge in [0.15, 0.2) is 0 Å². The largest absolute Gasteiger partial charge is 0.507 e. The molecule has 2 aromatic heterocycles. The van der Waals surface area contributed by atoms with Gasteiger partial charge in [0.25, 0.3) is 0 Å². The van der Waals surface area contributed by atoms with Crippen molar-refractivity contribution in [1.29, 1.82) is 0 Å². The summed E-state index contributed by atoms with van der Waals surface area (Å²) in [7, 11) is 0. The lowest BCUT2D eigenvalue weighted by Crippen LogP contribution is -2.46. The first-order valence-electron chi connectivity index (χ1n) is 10.7. The number of piperazine rings is 1. The molecule has 1 fully saturated rings. The molecule has 1 aliphatic rings. The van der Waals surface area contributed by atoms with Gasteiger partial charge >= 0.3 is 0 Å². The number of hydrogen-bond acceptors (Lipinski definition) is 8. The number of rotatable bonds is 5. The van der Waals surface area contributed by atoms with Crippen molar-refractivity contribution >= 4 is 32.5 Å². The first kappa shape index (κ1) is 21.1. The second kappa shape index (κ2) is 8.63. The number of aryl methyl sites for hydroxylation is 1. The molecule has 7 nitrogen and oxygen atoms in total. The third-order valence-electron chi connectivity index (χ3n) is 6.09. The van der Waals surface area contributed by atoms with Gasteiger partial charge in [0.1, 0.15) is 22.1 Å². The van der Waals surface area contributed by atoms with E-state index in [-0.39, 0.29) is 17.8 Å². The Kier molecular flexibility index (Phi) is 5.69.